The lowest BCUT2D eigenvalue weighted by atomic mass is 10.1. The number of phenols is 1. The summed E-state index contributed by atoms with van der Waals surface area (Å²) in [5.74, 6) is -0.795. The molecule has 0 heterocycles. The summed E-state index contributed by atoms with van der Waals surface area (Å²) in [6, 6.07) is 3.94. The number of aromatic hydroxyl groups is 1. The van der Waals surface area contributed by atoms with Crippen molar-refractivity contribution in [1.29, 1.82) is 0 Å². The van der Waals surface area contributed by atoms with Gasteiger partial charge in [-0.05, 0) is 18.2 Å². The van der Waals surface area contributed by atoms with Gasteiger partial charge in [0.15, 0.2) is 0 Å². The van der Waals surface area contributed by atoms with Crippen LogP contribution in [0.4, 0.5) is 8.78 Å². The van der Waals surface area contributed by atoms with Crippen LogP contribution in [0.25, 0.3) is 0 Å². The van der Waals surface area contributed by atoms with Crippen LogP contribution >= 0.6 is 0 Å². The van der Waals surface area contributed by atoms with Crippen LogP contribution in [0.5, 0.6) is 11.5 Å². The second kappa shape index (κ2) is 6.89. The number of carbonyl (C=O) groups excluding carboxylic acids is 1. The maximum absolute atomic E-state index is 12.4. The van der Waals surface area contributed by atoms with Crippen molar-refractivity contribution >= 4 is 5.91 Å². The van der Waals surface area contributed by atoms with Gasteiger partial charge in [-0.15, -0.1) is 0 Å². The molecule has 5 nitrogen and oxygen atoms in total. The Labute approximate surface area is 109 Å². The quantitative estimate of drug-likeness (QED) is 0.815. The molecule has 2 N–H and O–H groups in total. The molecule has 0 fully saturated rings. The third kappa shape index (κ3) is 4.06. The second-order valence-electron chi connectivity index (χ2n) is 3.75. The van der Waals surface area contributed by atoms with E-state index in [4.69, 9.17) is 9.84 Å². The van der Waals surface area contributed by atoms with Gasteiger partial charge in [-0.2, -0.15) is 0 Å². The molecular formula is C12H15F2NO4. The number of carbonyl (C=O) groups is 1. The molecule has 0 spiro atoms. The zero-order valence-corrected chi connectivity index (χ0v) is 10.3. The summed E-state index contributed by atoms with van der Waals surface area (Å²) in [5.41, 5.74) is -0.145. The molecule has 0 saturated heterocycles. The molecule has 0 radical (unpaired) electrons. The van der Waals surface area contributed by atoms with E-state index in [1.54, 1.807) is 0 Å². The van der Waals surface area contributed by atoms with Crippen molar-refractivity contribution < 1.29 is 28.5 Å². The summed E-state index contributed by atoms with van der Waals surface area (Å²) in [6.45, 7) is -1.49. The fraction of sp³-hybridized carbons (Fsp3) is 0.417. The van der Waals surface area contributed by atoms with Crippen molar-refractivity contribution in [1.82, 2.24) is 4.90 Å². The summed E-state index contributed by atoms with van der Waals surface area (Å²) in [5, 5.41) is 18.4. The number of ether oxygens (including phenoxy) is 1. The van der Waals surface area contributed by atoms with Crippen LogP contribution in [0, 0.1) is 0 Å². The van der Waals surface area contributed by atoms with Gasteiger partial charge in [0.25, 0.3) is 12.3 Å². The number of hydrogen-bond acceptors (Lipinski definition) is 4. The summed E-state index contributed by atoms with van der Waals surface area (Å²) in [4.78, 5) is 12.8. The molecule has 0 atom stereocenters. The van der Waals surface area contributed by atoms with Gasteiger partial charge in [0.1, 0.15) is 11.5 Å². The van der Waals surface area contributed by atoms with E-state index >= 15 is 0 Å². The first-order chi connectivity index (χ1) is 8.99. The van der Waals surface area contributed by atoms with Crippen LogP contribution in [0.15, 0.2) is 18.2 Å². The molecule has 0 aliphatic rings. The Bertz CT molecular complexity index is 440. The van der Waals surface area contributed by atoms with Gasteiger partial charge in [-0.3, -0.25) is 4.79 Å². The maximum Gasteiger partial charge on any atom is 0.258 e. The van der Waals surface area contributed by atoms with Crippen molar-refractivity contribution in [3.05, 3.63) is 23.8 Å². The summed E-state index contributed by atoms with van der Waals surface area (Å²) in [7, 11) is 1.38. The van der Waals surface area contributed by atoms with Crippen molar-refractivity contribution in [2.45, 2.75) is 6.43 Å². The number of phenolic OH excluding ortho intramolecular Hbond substituents is 1. The fourth-order valence-electron chi connectivity index (χ4n) is 1.55. The van der Waals surface area contributed by atoms with E-state index in [0.29, 0.717) is 5.75 Å². The zero-order chi connectivity index (χ0) is 14.4. The molecule has 7 heteroatoms. The molecule has 0 bridgehead atoms. The SMILES string of the molecule is COc1ccc(O)c(C(=O)N(CCO)CC(F)F)c1. The van der Waals surface area contributed by atoms with E-state index in [1.165, 1.54) is 25.3 Å². The topological polar surface area (TPSA) is 70.0 Å². The molecule has 1 aromatic carbocycles. The minimum atomic E-state index is -2.72. The van der Waals surface area contributed by atoms with E-state index < -0.39 is 25.5 Å². The number of aliphatic hydroxyl groups is 1. The number of rotatable bonds is 6. The average Bonchev–Trinajstić information content (AvgIpc) is 2.37. The number of halogens is 2. The number of amides is 1. The van der Waals surface area contributed by atoms with Crippen LogP contribution in [-0.2, 0) is 0 Å². The average molecular weight is 275 g/mol. The highest BCUT2D eigenvalue weighted by molar-refractivity contribution is 5.97. The Kier molecular flexibility index (Phi) is 5.50. The molecule has 0 saturated carbocycles. The predicted octanol–water partition coefficient (Wildman–Crippen LogP) is 1.10. The highest BCUT2D eigenvalue weighted by Crippen LogP contribution is 2.24. The Morgan fingerprint density at radius 3 is 2.68 bits per heavy atom. The van der Waals surface area contributed by atoms with Crippen LogP contribution in [0.2, 0.25) is 0 Å². The monoisotopic (exact) mass is 275 g/mol. The molecule has 0 unspecified atom stereocenters. The van der Waals surface area contributed by atoms with Gasteiger partial charge < -0.3 is 19.8 Å². The fourth-order valence-corrected chi connectivity index (χ4v) is 1.55. The summed E-state index contributed by atoms with van der Waals surface area (Å²) >= 11 is 0. The van der Waals surface area contributed by atoms with E-state index in [-0.39, 0.29) is 17.9 Å². The largest absolute Gasteiger partial charge is 0.507 e. The first-order valence-electron chi connectivity index (χ1n) is 5.55. The van der Waals surface area contributed by atoms with Crippen molar-refractivity contribution in [3.63, 3.8) is 0 Å². The first-order valence-corrected chi connectivity index (χ1v) is 5.55. The molecule has 1 rings (SSSR count). The third-order valence-corrected chi connectivity index (χ3v) is 2.45. The van der Waals surface area contributed by atoms with Crippen LogP contribution in [0.3, 0.4) is 0 Å². The number of hydrogen-bond donors (Lipinski definition) is 2. The van der Waals surface area contributed by atoms with E-state index in [1.807, 2.05) is 0 Å². The number of benzene rings is 1. The minimum absolute atomic E-state index is 0.145. The van der Waals surface area contributed by atoms with Crippen LogP contribution in [0.1, 0.15) is 10.4 Å². The van der Waals surface area contributed by atoms with Crippen LogP contribution < -0.4 is 4.74 Å². The smallest absolute Gasteiger partial charge is 0.258 e. The molecule has 0 aliphatic carbocycles. The summed E-state index contributed by atoms with van der Waals surface area (Å²) in [6.07, 6.45) is -2.72. The van der Waals surface area contributed by atoms with E-state index in [9.17, 15) is 18.7 Å². The Hall–Kier alpha value is -1.89. The van der Waals surface area contributed by atoms with Gasteiger partial charge in [0.2, 0.25) is 0 Å². The Morgan fingerprint density at radius 2 is 2.16 bits per heavy atom. The molecule has 106 valence electrons. The van der Waals surface area contributed by atoms with Crippen molar-refractivity contribution in [2.75, 3.05) is 26.8 Å². The number of nitrogens with zero attached hydrogens (tertiary/aromatic N) is 1. The van der Waals surface area contributed by atoms with Gasteiger partial charge in [-0.25, -0.2) is 8.78 Å². The Balaban J connectivity index is 3.01. The highest BCUT2D eigenvalue weighted by atomic mass is 19.3. The standard InChI is InChI=1S/C12H15F2NO4/c1-19-8-2-3-10(17)9(6-8)12(18)15(4-5-16)7-11(13)14/h2-3,6,11,16-17H,4-5,7H2,1H3. The highest BCUT2D eigenvalue weighted by Gasteiger charge is 2.22. The Morgan fingerprint density at radius 1 is 1.47 bits per heavy atom. The lowest BCUT2D eigenvalue weighted by Crippen LogP contribution is -2.37. The van der Waals surface area contributed by atoms with Crippen molar-refractivity contribution in [3.8, 4) is 11.5 Å². The van der Waals surface area contributed by atoms with Gasteiger partial charge in [-0.1, -0.05) is 0 Å². The lowest BCUT2D eigenvalue weighted by molar-refractivity contribution is 0.0506. The van der Waals surface area contributed by atoms with Gasteiger partial charge in [0, 0.05) is 6.54 Å². The van der Waals surface area contributed by atoms with E-state index in [2.05, 4.69) is 0 Å². The zero-order valence-electron chi connectivity index (χ0n) is 10.3. The minimum Gasteiger partial charge on any atom is -0.507 e. The second-order valence-corrected chi connectivity index (χ2v) is 3.75. The number of methoxy groups -OCH3 is 1. The molecule has 1 aromatic rings. The lowest BCUT2D eigenvalue weighted by Gasteiger charge is -2.21. The maximum atomic E-state index is 12.4. The molecule has 19 heavy (non-hydrogen) atoms. The predicted molar refractivity (Wildman–Crippen MR) is 63.7 cm³/mol. The first kappa shape index (κ1) is 15.2. The van der Waals surface area contributed by atoms with Gasteiger partial charge >= 0.3 is 0 Å². The van der Waals surface area contributed by atoms with E-state index in [0.717, 1.165) is 4.90 Å². The molecule has 1 amide bonds. The normalized spacial score (nSPS) is 10.6. The molecular weight excluding hydrogens is 260 g/mol. The number of aliphatic hydroxyl groups excluding tert-OH is 1. The third-order valence-electron chi connectivity index (χ3n) is 2.45. The summed E-state index contributed by atoms with van der Waals surface area (Å²) < 4.78 is 29.6. The number of alkyl halides is 2. The molecule has 0 aliphatic heterocycles. The van der Waals surface area contributed by atoms with Crippen LogP contribution in [-0.4, -0.2) is 54.3 Å². The molecule has 0 aromatic heterocycles. The van der Waals surface area contributed by atoms with Crippen molar-refractivity contribution in [2.24, 2.45) is 0 Å². The van der Waals surface area contributed by atoms with Gasteiger partial charge in [0.05, 0.1) is 25.8 Å².